The number of ether oxygens (including phenoxy) is 2. The number of nitrogens with zero attached hydrogens (tertiary/aromatic N) is 2. The summed E-state index contributed by atoms with van der Waals surface area (Å²) in [5, 5.41) is 7.00. The summed E-state index contributed by atoms with van der Waals surface area (Å²) >= 11 is 0. The van der Waals surface area contributed by atoms with E-state index in [1.165, 1.54) is 0 Å². The molecule has 1 heterocycles. The molecule has 0 amide bonds. The molecule has 1 aromatic heterocycles. The maximum atomic E-state index is 5.76. The van der Waals surface area contributed by atoms with Crippen molar-refractivity contribution in [1.82, 2.24) is 15.5 Å². The second kappa shape index (κ2) is 6.91. The highest BCUT2D eigenvalue weighted by atomic mass is 16.5. The van der Waals surface area contributed by atoms with E-state index in [9.17, 15) is 0 Å². The van der Waals surface area contributed by atoms with E-state index in [1.807, 2.05) is 18.2 Å². The molecule has 0 radical (unpaired) electrons. The van der Waals surface area contributed by atoms with Crippen LogP contribution in [0.3, 0.4) is 0 Å². The Kier molecular flexibility index (Phi) is 4.95. The zero-order chi connectivity index (χ0) is 14.4. The fraction of sp³-hybridized carbons (Fsp3) is 0.429. The van der Waals surface area contributed by atoms with Crippen LogP contribution in [-0.2, 0) is 13.2 Å². The Morgan fingerprint density at radius 3 is 2.85 bits per heavy atom. The van der Waals surface area contributed by atoms with E-state index in [-0.39, 0.29) is 6.61 Å². The first-order valence-electron chi connectivity index (χ1n) is 6.52. The third kappa shape index (κ3) is 3.71. The topological polar surface area (TPSA) is 69.4 Å². The summed E-state index contributed by atoms with van der Waals surface area (Å²) in [6, 6.07) is 5.75. The number of methoxy groups -OCH3 is 1. The second-order valence-electron chi connectivity index (χ2n) is 4.28. The van der Waals surface area contributed by atoms with Crippen molar-refractivity contribution in [2.75, 3.05) is 13.7 Å². The van der Waals surface area contributed by atoms with Gasteiger partial charge in [0.1, 0.15) is 11.5 Å². The van der Waals surface area contributed by atoms with Gasteiger partial charge in [-0.25, -0.2) is 0 Å². The largest absolute Gasteiger partial charge is 0.497 e. The second-order valence-corrected chi connectivity index (χ2v) is 4.28. The number of aromatic nitrogens is 2. The highest BCUT2D eigenvalue weighted by Gasteiger charge is 2.09. The van der Waals surface area contributed by atoms with Crippen LogP contribution in [0.1, 0.15) is 24.2 Å². The first-order valence-corrected chi connectivity index (χ1v) is 6.52. The first kappa shape index (κ1) is 14.3. The molecule has 6 heteroatoms. The van der Waals surface area contributed by atoms with Gasteiger partial charge in [-0.05, 0) is 19.5 Å². The molecule has 2 rings (SSSR count). The van der Waals surface area contributed by atoms with Crippen molar-refractivity contribution in [1.29, 1.82) is 0 Å². The predicted octanol–water partition coefficient (Wildman–Crippen LogP) is 2.08. The number of rotatable bonds is 7. The Hall–Kier alpha value is -2.08. The van der Waals surface area contributed by atoms with E-state index in [2.05, 4.69) is 22.4 Å². The molecule has 0 unspecified atom stereocenters. The number of nitrogens with one attached hydrogen (secondary N) is 1. The smallest absolute Gasteiger partial charge is 0.264 e. The SMILES string of the molecule is CCNCc1ccc(OC)cc1OCc1nc(C)no1. The summed E-state index contributed by atoms with van der Waals surface area (Å²) in [6.45, 7) is 5.71. The number of hydrogen-bond donors (Lipinski definition) is 1. The van der Waals surface area contributed by atoms with Crippen LogP contribution >= 0.6 is 0 Å². The zero-order valence-corrected chi connectivity index (χ0v) is 12.0. The van der Waals surface area contributed by atoms with Crippen LogP contribution in [0.2, 0.25) is 0 Å². The summed E-state index contributed by atoms with van der Waals surface area (Å²) < 4.78 is 16.0. The minimum absolute atomic E-state index is 0.243. The molecule has 0 saturated heterocycles. The number of benzene rings is 1. The Labute approximate surface area is 118 Å². The zero-order valence-electron chi connectivity index (χ0n) is 12.0. The lowest BCUT2D eigenvalue weighted by Gasteiger charge is -2.12. The highest BCUT2D eigenvalue weighted by molar-refractivity contribution is 5.40. The summed E-state index contributed by atoms with van der Waals surface area (Å²) in [5.41, 5.74) is 1.06. The summed E-state index contributed by atoms with van der Waals surface area (Å²) in [7, 11) is 1.63. The van der Waals surface area contributed by atoms with Crippen LogP contribution in [0.15, 0.2) is 22.7 Å². The quantitative estimate of drug-likeness (QED) is 0.835. The van der Waals surface area contributed by atoms with Crippen LogP contribution < -0.4 is 14.8 Å². The molecule has 0 aliphatic carbocycles. The average molecular weight is 277 g/mol. The van der Waals surface area contributed by atoms with Gasteiger partial charge in [-0.2, -0.15) is 4.98 Å². The van der Waals surface area contributed by atoms with Crippen LogP contribution in [0.5, 0.6) is 11.5 Å². The van der Waals surface area contributed by atoms with Crippen LogP contribution in [0, 0.1) is 6.92 Å². The number of hydrogen-bond acceptors (Lipinski definition) is 6. The van der Waals surface area contributed by atoms with Gasteiger partial charge in [-0.15, -0.1) is 0 Å². The number of aryl methyl sites for hydroxylation is 1. The van der Waals surface area contributed by atoms with Gasteiger partial charge in [0.25, 0.3) is 5.89 Å². The normalized spacial score (nSPS) is 10.6. The molecule has 0 atom stereocenters. The highest BCUT2D eigenvalue weighted by Crippen LogP contribution is 2.25. The molecule has 6 nitrogen and oxygen atoms in total. The van der Waals surface area contributed by atoms with Gasteiger partial charge in [-0.1, -0.05) is 18.1 Å². The van der Waals surface area contributed by atoms with Crippen molar-refractivity contribution >= 4 is 0 Å². The molecule has 0 fully saturated rings. The van der Waals surface area contributed by atoms with Crippen LogP contribution in [-0.4, -0.2) is 23.8 Å². The van der Waals surface area contributed by atoms with E-state index in [0.29, 0.717) is 11.7 Å². The molecule has 0 spiro atoms. The third-order valence-corrected chi connectivity index (χ3v) is 2.76. The van der Waals surface area contributed by atoms with Crippen molar-refractivity contribution in [2.45, 2.75) is 27.0 Å². The molecular formula is C14H19N3O3. The maximum absolute atomic E-state index is 5.76. The standard InChI is InChI=1S/C14H19N3O3/c1-4-15-8-11-5-6-12(18-3)7-13(11)19-9-14-16-10(2)17-20-14/h5-7,15H,4,8-9H2,1-3H3. The van der Waals surface area contributed by atoms with Gasteiger partial charge in [0.15, 0.2) is 12.4 Å². The third-order valence-electron chi connectivity index (χ3n) is 2.76. The molecule has 0 aliphatic rings. The summed E-state index contributed by atoms with van der Waals surface area (Å²) in [4.78, 5) is 4.11. The minimum Gasteiger partial charge on any atom is -0.497 e. The lowest BCUT2D eigenvalue weighted by atomic mass is 10.2. The van der Waals surface area contributed by atoms with Gasteiger partial charge < -0.3 is 19.3 Å². The molecule has 1 N–H and O–H groups in total. The van der Waals surface area contributed by atoms with Crippen molar-refractivity contribution in [3.63, 3.8) is 0 Å². The van der Waals surface area contributed by atoms with E-state index >= 15 is 0 Å². The molecular weight excluding hydrogens is 258 g/mol. The fourth-order valence-corrected chi connectivity index (χ4v) is 1.74. The van der Waals surface area contributed by atoms with Crippen molar-refractivity contribution in [3.8, 4) is 11.5 Å². The Bertz CT molecular complexity index is 554. The van der Waals surface area contributed by atoms with Crippen LogP contribution in [0.4, 0.5) is 0 Å². The van der Waals surface area contributed by atoms with Gasteiger partial charge in [0, 0.05) is 18.2 Å². The Balaban J connectivity index is 2.10. The van der Waals surface area contributed by atoms with Crippen molar-refractivity contribution in [2.24, 2.45) is 0 Å². The van der Waals surface area contributed by atoms with Gasteiger partial charge in [-0.3, -0.25) is 0 Å². The Morgan fingerprint density at radius 2 is 2.20 bits per heavy atom. The fourth-order valence-electron chi connectivity index (χ4n) is 1.74. The minimum atomic E-state index is 0.243. The van der Waals surface area contributed by atoms with Gasteiger partial charge in [0.2, 0.25) is 0 Å². The van der Waals surface area contributed by atoms with Gasteiger partial charge >= 0.3 is 0 Å². The molecule has 0 aliphatic heterocycles. The first-order chi connectivity index (χ1) is 9.72. The maximum Gasteiger partial charge on any atom is 0.264 e. The molecule has 0 bridgehead atoms. The summed E-state index contributed by atoms with van der Waals surface area (Å²) in [5.74, 6) is 2.56. The monoisotopic (exact) mass is 277 g/mol. The van der Waals surface area contributed by atoms with Crippen LogP contribution in [0.25, 0.3) is 0 Å². The van der Waals surface area contributed by atoms with Gasteiger partial charge in [0.05, 0.1) is 7.11 Å². The molecule has 0 saturated carbocycles. The molecule has 1 aromatic carbocycles. The molecule has 2 aromatic rings. The van der Waals surface area contributed by atoms with E-state index in [4.69, 9.17) is 14.0 Å². The lowest BCUT2D eigenvalue weighted by Crippen LogP contribution is -2.13. The lowest BCUT2D eigenvalue weighted by molar-refractivity contribution is 0.239. The Morgan fingerprint density at radius 1 is 1.35 bits per heavy atom. The molecule has 20 heavy (non-hydrogen) atoms. The molecule has 108 valence electrons. The summed E-state index contributed by atoms with van der Waals surface area (Å²) in [6.07, 6.45) is 0. The van der Waals surface area contributed by atoms with Crippen molar-refractivity contribution < 1.29 is 14.0 Å². The van der Waals surface area contributed by atoms with E-state index in [0.717, 1.165) is 30.2 Å². The predicted molar refractivity (Wildman–Crippen MR) is 73.7 cm³/mol. The average Bonchev–Trinajstić information content (AvgIpc) is 2.89. The van der Waals surface area contributed by atoms with E-state index in [1.54, 1.807) is 14.0 Å². The van der Waals surface area contributed by atoms with Crippen molar-refractivity contribution in [3.05, 3.63) is 35.5 Å². The van der Waals surface area contributed by atoms with E-state index < -0.39 is 0 Å².